The molecule has 3 aromatic rings. The number of nitrogens with two attached hydrogens (primary N) is 1. The van der Waals surface area contributed by atoms with E-state index in [0.717, 1.165) is 35.7 Å². The van der Waals surface area contributed by atoms with Crippen LogP contribution in [0.1, 0.15) is 101 Å². The topological polar surface area (TPSA) is 108 Å². The summed E-state index contributed by atoms with van der Waals surface area (Å²) in [6, 6.07) is 24.0. The first-order valence-electron chi connectivity index (χ1n) is 14.7. The number of carboxylic acid groups (broad SMARTS) is 1. The molecule has 3 aromatic carbocycles. The van der Waals surface area contributed by atoms with E-state index in [2.05, 4.69) is 31.2 Å². The number of carbonyl (C=O) groups is 1. The van der Waals surface area contributed by atoms with Crippen molar-refractivity contribution in [2.45, 2.75) is 84.8 Å². The summed E-state index contributed by atoms with van der Waals surface area (Å²) in [4.78, 5) is 20.5. The number of nitrogens with zero attached hydrogens (tertiary/aromatic N) is 2. The van der Waals surface area contributed by atoms with Crippen LogP contribution >= 0.6 is 0 Å². The Hall–Kier alpha value is -3.61. The van der Waals surface area contributed by atoms with E-state index in [4.69, 9.17) is 20.8 Å². The van der Waals surface area contributed by atoms with Crippen molar-refractivity contribution in [2.75, 3.05) is 0 Å². The highest BCUT2D eigenvalue weighted by atomic mass is 16.4. The first-order valence-corrected chi connectivity index (χ1v) is 14.7. The van der Waals surface area contributed by atoms with E-state index >= 15 is 0 Å². The summed E-state index contributed by atoms with van der Waals surface area (Å²) in [6.45, 7) is 8.21. The summed E-state index contributed by atoms with van der Waals surface area (Å²) in [5.41, 5.74) is 13.4. The third kappa shape index (κ3) is 10.1. The number of aliphatic hydroxyl groups is 1. The molecule has 0 aromatic heterocycles. The number of benzene rings is 3. The minimum absolute atomic E-state index is 0.127. The van der Waals surface area contributed by atoms with Gasteiger partial charge in [-0.05, 0) is 92.2 Å². The van der Waals surface area contributed by atoms with Crippen LogP contribution in [-0.2, 0) is 11.2 Å². The van der Waals surface area contributed by atoms with Gasteiger partial charge in [0.25, 0.3) is 0 Å². The molecule has 218 valence electrons. The van der Waals surface area contributed by atoms with Gasteiger partial charge in [-0.15, -0.1) is 0 Å². The number of fused-ring (bicyclic) bond motifs is 1. The summed E-state index contributed by atoms with van der Waals surface area (Å²) in [5.74, 6) is 0.150. The molecular weight excluding hydrogens is 510 g/mol. The van der Waals surface area contributed by atoms with Crippen LogP contribution in [0.15, 0.2) is 82.8 Å². The summed E-state index contributed by atoms with van der Waals surface area (Å²) < 4.78 is 0. The van der Waals surface area contributed by atoms with E-state index in [1.165, 1.54) is 19.3 Å². The first-order chi connectivity index (χ1) is 19.7. The Morgan fingerprint density at radius 2 is 1.71 bits per heavy atom. The number of carboxylic acids is 1. The van der Waals surface area contributed by atoms with Crippen molar-refractivity contribution >= 4 is 28.8 Å². The molecule has 2 unspecified atom stereocenters. The number of rotatable bonds is 10. The van der Waals surface area contributed by atoms with Gasteiger partial charge >= 0.3 is 5.97 Å². The average molecular weight is 556 g/mol. The van der Waals surface area contributed by atoms with Gasteiger partial charge in [0.1, 0.15) is 6.23 Å². The largest absolute Gasteiger partial charge is 0.481 e. The second-order valence-corrected chi connectivity index (χ2v) is 11.0. The standard InChI is InChI=1S/C24H31N3O3.C11H14/c1-4-18(14-23(28)29)11-10-16(2)26-22-15-20(24(25)30)12-13-21(22)27-17(3)19-8-6-5-7-9-19;1-9-5-4-7-10-6-2-3-8-11(9)10/h5-9,12-13,15,18,24,30H,4,10-11,14,25H2,1-3H3,(H,28,29);2-3,6,8-9H,4-5,7H2,1H3/t18-,24?;/m1./s1. The maximum atomic E-state index is 11.0. The molecule has 0 radical (unpaired) electrons. The maximum Gasteiger partial charge on any atom is 0.303 e. The smallest absolute Gasteiger partial charge is 0.303 e. The van der Waals surface area contributed by atoms with Crippen LogP contribution in [0.5, 0.6) is 0 Å². The van der Waals surface area contributed by atoms with E-state index in [-0.39, 0.29) is 12.3 Å². The van der Waals surface area contributed by atoms with Gasteiger partial charge in [0.2, 0.25) is 0 Å². The lowest BCUT2D eigenvalue weighted by Gasteiger charge is -2.21. The van der Waals surface area contributed by atoms with Crippen LogP contribution in [0, 0.1) is 5.92 Å². The SMILES string of the molecule is CC1CCCc2ccccc21.CC[C@H](CCC(C)=Nc1cc(C(N)O)ccc1N=C(C)c1ccccc1)CC(=O)O. The molecule has 0 heterocycles. The Kier molecular flexibility index (Phi) is 12.4. The predicted octanol–water partition coefficient (Wildman–Crippen LogP) is 8.28. The van der Waals surface area contributed by atoms with Crippen LogP contribution in [0.25, 0.3) is 0 Å². The van der Waals surface area contributed by atoms with Gasteiger partial charge in [-0.2, -0.15) is 0 Å². The zero-order valence-corrected chi connectivity index (χ0v) is 24.9. The lowest BCUT2D eigenvalue weighted by molar-refractivity contribution is -0.138. The molecular formula is C35H45N3O3. The highest BCUT2D eigenvalue weighted by molar-refractivity contribution is 6.01. The number of hydrogen-bond donors (Lipinski definition) is 3. The Morgan fingerprint density at radius 3 is 2.37 bits per heavy atom. The van der Waals surface area contributed by atoms with E-state index in [1.54, 1.807) is 23.3 Å². The fourth-order valence-electron chi connectivity index (χ4n) is 5.20. The van der Waals surface area contributed by atoms with Crippen LogP contribution < -0.4 is 5.73 Å². The zero-order chi connectivity index (χ0) is 29.8. The Balaban J connectivity index is 0.000000346. The van der Waals surface area contributed by atoms with Crippen molar-refractivity contribution in [3.05, 3.63) is 95.1 Å². The summed E-state index contributed by atoms with van der Waals surface area (Å²) in [7, 11) is 0. The van der Waals surface area contributed by atoms with Crippen molar-refractivity contribution in [1.29, 1.82) is 0 Å². The molecule has 4 rings (SSSR count). The molecule has 1 aliphatic rings. The van der Waals surface area contributed by atoms with Crippen molar-refractivity contribution in [3.63, 3.8) is 0 Å². The predicted molar refractivity (Wildman–Crippen MR) is 170 cm³/mol. The number of aliphatic carboxylic acids is 1. The fourth-order valence-corrected chi connectivity index (χ4v) is 5.20. The molecule has 41 heavy (non-hydrogen) atoms. The molecule has 0 spiro atoms. The molecule has 6 heteroatoms. The summed E-state index contributed by atoms with van der Waals surface area (Å²) in [5, 5.41) is 18.8. The highest BCUT2D eigenvalue weighted by Gasteiger charge is 2.15. The molecule has 0 saturated carbocycles. The Labute approximate surface area is 245 Å². The monoisotopic (exact) mass is 555 g/mol. The zero-order valence-electron chi connectivity index (χ0n) is 24.9. The first kappa shape index (κ1) is 31.9. The lowest BCUT2D eigenvalue weighted by atomic mass is 9.84. The van der Waals surface area contributed by atoms with E-state index in [9.17, 15) is 9.90 Å². The molecule has 3 atom stereocenters. The van der Waals surface area contributed by atoms with Crippen molar-refractivity contribution in [3.8, 4) is 0 Å². The number of hydrogen-bond acceptors (Lipinski definition) is 5. The quantitative estimate of drug-likeness (QED) is 0.173. The second kappa shape index (κ2) is 16.0. The minimum Gasteiger partial charge on any atom is -0.481 e. The van der Waals surface area contributed by atoms with Crippen molar-refractivity contribution in [1.82, 2.24) is 0 Å². The van der Waals surface area contributed by atoms with Crippen LogP contribution in [0.4, 0.5) is 11.4 Å². The van der Waals surface area contributed by atoms with Crippen LogP contribution in [0.2, 0.25) is 0 Å². The van der Waals surface area contributed by atoms with Crippen molar-refractivity contribution in [2.24, 2.45) is 21.6 Å². The van der Waals surface area contributed by atoms with Crippen LogP contribution in [0.3, 0.4) is 0 Å². The normalized spacial score (nSPS) is 16.7. The van der Waals surface area contributed by atoms with Gasteiger partial charge in [0.15, 0.2) is 0 Å². The number of aliphatic imine (C=N–C) groups is 2. The third-order valence-corrected chi connectivity index (χ3v) is 7.76. The molecule has 6 nitrogen and oxygen atoms in total. The molecule has 0 fully saturated rings. The van der Waals surface area contributed by atoms with Gasteiger partial charge in [-0.25, -0.2) is 0 Å². The van der Waals surface area contributed by atoms with E-state index in [1.807, 2.05) is 57.2 Å². The lowest BCUT2D eigenvalue weighted by Crippen LogP contribution is -2.09. The second-order valence-electron chi connectivity index (χ2n) is 11.0. The fraction of sp³-hybridized carbons (Fsp3) is 0.400. The van der Waals surface area contributed by atoms with Gasteiger partial charge in [0, 0.05) is 17.8 Å². The van der Waals surface area contributed by atoms with E-state index < -0.39 is 12.2 Å². The van der Waals surface area contributed by atoms with Crippen LogP contribution in [-0.4, -0.2) is 27.6 Å². The molecule has 0 aliphatic heterocycles. The number of aliphatic hydroxyl groups excluding tert-OH is 1. The molecule has 1 aliphatic carbocycles. The third-order valence-electron chi connectivity index (χ3n) is 7.76. The Bertz CT molecular complexity index is 1330. The highest BCUT2D eigenvalue weighted by Crippen LogP contribution is 2.32. The molecule has 0 amide bonds. The number of aryl methyl sites for hydroxylation is 1. The average Bonchev–Trinajstić information content (AvgIpc) is 2.97. The molecule has 0 bridgehead atoms. The van der Waals surface area contributed by atoms with Gasteiger partial charge in [-0.3, -0.25) is 14.8 Å². The Morgan fingerprint density at radius 1 is 1.00 bits per heavy atom. The summed E-state index contributed by atoms with van der Waals surface area (Å²) in [6.07, 6.45) is 5.40. The summed E-state index contributed by atoms with van der Waals surface area (Å²) >= 11 is 0. The van der Waals surface area contributed by atoms with Crippen molar-refractivity contribution < 1.29 is 15.0 Å². The van der Waals surface area contributed by atoms with Gasteiger partial charge in [-0.1, -0.05) is 80.9 Å². The molecule has 4 N–H and O–H groups in total. The maximum absolute atomic E-state index is 11.0. The minimum atomic E-state index is -1.09. The van der Waals surface area contributed by atoms with Gasteiger partial charge in [0.05, 0.1) is 11.4 Å². The van der Waals surface area contributed by atoms with E-state index in [0.29, 0.717) is 23.4 Å². The van der Waals surface area contributed by atoms with Gasteiger partial charge < -0.3 is 15.9 Å². The molecule has 0 saturated heterocycles.